The summed E-state index contributed by atoms with van der Waals surface area (Å²) in [6.07, 6.45) is 0.824. The summed E-state index contributed by atoms with van der Waals surface area (Å²) in [4.78, 5) is 22.1. The maximum Gasteiger partial charge on any atom is 0.328 e. The summed E-state index contributed by atoms with van der Waals surface area (Å²) in [5.41, 5.74) is 0. The third-order valence-electron chi connectivity index (χ3n) is 2.80. The molecule has 0 aromatic carbocycles. The van der Waals surface area contributed by atoms with Crippen molar-refractivity contribution in [2.45, 2.75) is 44.9 Å². The van der Waals surface area contributed by atoms with Crippen molar-refractivity contribution in [2.24, 2.45) is 5.92 Å². The van der Waals surface area contributed by atoms with E-state index in [0.29, 0.717) is 5.92 Å². The van der Waals surface area contributed by atoms with Gasteiger partial charge in [0.2, 0.25) is 0 Å². The average molecular weight is 230 g/mol. The van der Waals surface area contributed by atoms with Gasteiger partial charge in [0, 0.05) is 6.04 Å². The number of hydrogen-bond acceptors (Lipinski definition) is 3. The van der Waals surface area contributed by atoms with Crippen LogP contribution < -0.4 is 10.6 Å². The first-order valence-corrected chi connectivity index (χ1v) is 5.43. The summed E-state index contributed by atoms with van der Waals surface area (Å²) in [6.45, 7) is 3.37. The summed E-state index contributed by atoms with van der Waals surface area (Å²) < 4.78 is 0. The second-order valence-electron chi connectivity index (χ2n) is 4.18. The predicted octanol–water partition coefficient (Wildman–Crippen LogP) is -0.0819. The Kier molecular flexibility index (Phi) is 4.12. The Morgan fingerprint density at radius 3 is 2.50 bits per heavy atom. The number of aliphatic hydroxyl groups is 1. The topological polar surface area (TPSA) is 98.7 Å². The van der Waals surface area contributed by atoms with Crippen LogP contribution in [-0.4, -0.2) is 40.4 Å². The van der Waals surface area contributed by atoms with Crippen LogP contribution in [0.2, 0.25) is 0 Å². The monoisotopic (exact) mass is 230 g/mol. The zero-order valence-electron chi connectivity index (χ0n) is 9.43. The zero-order valence-corrected chi connectivity index (χ0v) is 9.43. The van der Waals surface area contributed by atoms with E-state index in [1.54, 1.807) is 0 Å². The van der Waals surface area contributed by atoms with Gasteiger partial charge in [0.05, 0.1) is 6.10 Å². The standard InChI is InChI=1S/C10H18N2O4/c1-3-6-4-7(6)11-10(16)12-8(5(2)13)9(14)15/h5-8,13H,3-4H2,1-2H3,(H,14,15)(H2,11,12,16). The van der Waals surface area contributed by atoms with Gasteiger partial charge in [-0.15, -0.1) is 0 Å². The van der Waals surface area contributed by atoms with E-state index in [9.17, 15) is 9.59 Å². The molecule has 4 N–H and O–H groups in total. The molecule has 0 radical (unpaired) electrons. The Morgan fingerprint density at radius 2 is 2.12 bits per heavy atom. The lowest BCUT2D eigenvalue weighted by molar-refractivity contribution is -0.141. The van der Waals surface area contributed by atoms with Crippen LogP contribution in [0.15, 0.2) is 0 Å². The molecule has 16 heavy (non-hydrogen) atoms. The lowest BCUT2D eigenvalue weighted by atomic mass is 10.2. The van der Waals surface area contributed by atoms with Crippen LogP contribution in [-0.2, 0) is 4.79 Å². The molecule has 0 aromatic heterocycles. The first-order chi connectivity index (χ1) is 7.45. The predicted molar refractivity (Wildman–Crippen MR) is 57.0 cm³/mol. The van der Waals surface area contributed by atoms with E-state index in [2.05, 4.69) is 10.6 Å². The van der Waals surface area contributed by atoms with Crippen molar-refractivity contribution >= 4 is 12.0 Å². The summed E-state index contributed by atoms with van der Waals surface area (Å²) in [5, 5.41) is 22.8. The Bertz CT molecular complexity index is 280. The third kappa shape index (κ3) is 3.37. The Labute approximate surface area is 94.0 Å². The Morgan fingerprint density at radius 1 is 1.50 bits per heavy atom. The normalized spacial score (nSPS) is 26.7. The molecular weight excluding hydrogens is 212 g/mol. The first kappa shape index (κ1) is 12.8. The number of nitrogens with one attached hydrogen (secondary N) is 2. The smallest absolute Gasteiger partial charge is 0.328 e. The number of urea groups is 1. The van der Waals surface area contributed by atoms with E-state index in [-0.39, 0.29) is 6.04 Å². The first-order valence-electron chi connectivity index (χ1n) is 5.43. The maximum atomic E-state index is 11.4. The molecule has 1 aliphatic rings. The molecule has 0 heterocycles. The van der Waals surface area contributed by atoms with Crippen LogP contribution in [0.4, 0.5) is 4.79 Å². The van der Waals surface area contributed by atoms with E-state index < -0.39 is 24.1 Å². The number of aliphatic carboxylic acids is 1. The molecule has 1 aliphatic carbocycles. The molecule has 92 valence electrons. The third-order valence-corrected chi connectivity index (χ3v) is 2.80. The van der Waals surface area contributed by atoms with E-state index in [0.717, 1.165) is 12.8 Å². The fraction of sp³-hybridized carbons (Fsp3) is 0.800. The minimum atomic E-state index is -1.26. The van der Waals surface area contributed by atoms with E-state index in [1.807, 2.05) is 6.92 Å². The van der Waals surface area contributed by atoms with Crippen LogP contribution in [0.1, 0.15) is 26.7 Å². The van der Waals surface area contributed by atoms with Crippen molar-refractivity contribution < 1.29 is 19.8 Å². The fourth-order valence-electron chi connectivity index (χ4n) is 1.62. The van der Waals surface area contributed by atoms with Crippen molar-refractivity contribution in [3.63, 3.8) is 0 Å². The Hall–Kier alpha value is -1.30. The van der Waals surface area contributed by atoms with Gasteiger partial charge in [-0.05, 0) is 19.3 Å². The molecule has 1 saturated carbocycles. The van der Waals surface area contributed by atoms with Gasteiger partial charge in [-0.25, -0.2) is 9.59 Å². The van der Waals surface area contributed by atoms with Gasteiger partial charge < -0.3 is 20.8 Å². The van der Waals surface area contributed by atoms with Crippen molar-refractivity contribution in [1.82, 2.24) is 10.6 Å². The summed E-state index contributed by atoms with van der Waals surface area (Å²) >= 11 is 0. The summed E-state index contributed by atoms with van der Waals surface area (Å²) in [7, 11) is 0. The molecule has 0 aliphatic heterocycles. The van der Waals surface area contributed by atoms with Crippen LogP contribution in [0.5, 0.6) is 0 Å². The number of rotatable bonds is 5. The second kappa shape index (κ2) is 5.16. The van der Waals surface area contributed by atoms with Gasteiger partial charge in [0.15, 0.2) is 6.04 Å². The van der Waals surface area contributed by atoms with E-state index in [4.69, 9.17) is 10.2 Å². The molecule has 6 nitrogen and oxygen atoms in total. The number of amides is 2. The lowest BCUT2D eigenvalue weighted by Crippen LogP contribution is -2.51. The van der Waals surface area contributed by atoms with Crippen molar-refractivity contribution in [3.05, 3.63) is 0 Å². The molecule has 0 bridgehead atoms. The second-order valence-corrected chi connectivity index (χ2v) is 4.18. The number of aliphatic hydroxyl groups excluding tert-OH is 1. The number of carboxylic acids is 1. The molecule has 0 saturated heterocycles. The summed E-state index contributed by atoms with van der Waals surface area (Å²) in [6, 6.07) is -1.65. The van der Waals surface area contributed by atoms with Gasteiger partial charge >= 0.3 is 12.0 Å². The molecular formula is C10H18N2O4. The fourth-order valence-corrected chi connectivity index (χ4v) is 1.62. The highest BCUT2D eigenvalue weighted by atomic mass is 16.4. The van der Waals surface area contributed by atoms with Crippen LogP contribution in [0.25, 0.3) is 0 Å². The van der Waals surface area contributed by atoms with Crippen LogP contribution in [0, 0.1) is 5.92 Å². The van der Waals surface area contributed by atoms with E-state index in [1.165, 1.54) is 6.92 Å². The quantitative estimate of drug-likeness (QED) is 0.531. The molecule has 2 amide bonds. The number of hydrogen-bond donors (Lipinski definition) is 4. The highest BCUT2D eigenvalue weighted by Gasteiger charge is 2.37. The van der Waals surface area contributed by atoms with Gasteiger partial charge in [-0.3, -0.25) is 0 Å². The van der Waals surface area contributed by atoms with Gasteiger partial charge in [-0.2, -0.15) is 0 Å². The van der Waals surface area contributed by atoms with Gasteiger partial charge in [0.25, 0.3) is 0 Å². The average Bonchev–Trinajstić information content (AvgIpc) is 2.91. The van der Waals surface area contributed by atoms with Crippen LogP contribution >= 0.6 is 0 Å². The summed E-state index contributed by atoms with van der Waals surface area (Å²) in [5.74, 6) is -0.742. The van der Waals surface area contributed by atoms with Crippen molar-refractivity contribution in [2.75, 3.05) is 0 Å². The highest BCUT2D eigenvalue weighted by Crippen LogP contribution is 2.32. The number of carboxylic acid groups (broad SMARTS) is 1. The molecule has 4 unspecified atom stereocenters. The molecule has 1 fully saturated rings. The molecule has 6 heteroatoms. The van der Waals surface area contributed by atoms with E-state index >= 15 is 0 Å². The highest BCUT2D eigenvalue weighted by molar-refractivity contribution is 5.83. The van der Waals surface area contributed by atoms with Crippen molar-refractivity contribution in [3.8, 4) is 0 Å². The molecule has 1 rings (SSSR count). The maximum absolute atomic E-state index is 11.4. The van der Waals surface area contributed by atoms with Crippen LogP contribution in [0.3, 0.4) is 0 Å². The SMILES string of the molecule is CCC1CC1NC(=O)NC(C(=O)O)C(C)O. The lowest BCUT2D eigenvalue weighted by Gasteiger charge is -2.17. The molecule has 4 atom stereocenters. The minimum absolute atomic E-state index is 0.147. The van der Waals surface area contributed by atoms with Gasteiger partial charge in [0.1, 0.15) is 0 Å². The molecule has 0 aromatic rings. The number of carbonyl (C=O) groups is 2. The minimum Gasteiger partial charge on any atom is -0.480 e. The number of carbonyl (C=O) groups excluding carboxylic acids is 1. The molecule has 0 spiro atoms. The zero-order chi connectivity index (χ0) is 12.3. The van der Waals surface area contributed by atoms with Gasteiger partial charge in [-0.1, -0.05) is 13.3 Å². The largest absolute Gasteiger partial charge is 0.480 e. The van der Waals surface area contributed by atoms with Crippen molar-refractivity contribution in [1.29, 1.82) is 0 Å². The Balaban J connectivity index is 2.35.